The molecule has 0 unspecified atom stereocenters. The molecular weight excluding hydrogens is 334 g/mol. The number of aliphatic carboxylic acids is 1. The topological polar surface area (TPSA) is 75.6 Å². The minimum atomic E-state index is -0.852. The fraction of sp³-hybridized carbons (Fsp3) is 0.333. The molecule has 0 saturated heterocycles. The third-order valence-electron chi connectivity index (χ3n) is 1.98. The van der Waals surface area contributed by atoms with Crippen LogP contribution in [0.3, 0.4) is 0 Å². The van der Waals surface area contributed by atoms with E-state index in [0.717, 1.165) is 4.47 Å². The van der Waals surface area contributed by atoms with E-state index < -0.39 is 5.97 Å². The number of ether oxygens (including phenoxy) is 1. The largest absolute Gasteiger partial charge is 0.484 e. The van der Waals surface area contributed by atoms with Crippen LogP contribution < -0.4 is 10.1 Å². The highest BCUT2D eigenvalue weighted by molar-refractivity contribution is 9.10. The summed E-state index contributed by atoms with van der Waals surface area (Å²) in [6, 6.07) is 7.19. The summed E-state index contributed by atoms with van der Waals surface area (Å²) in [5.41, 5.74) is 0. The minimum Gasteiger partial charge on any atom is -0.484 e. The normalized spacial score (nSPS) is 9.95. The monoisotopic (exact) mass is 347 g/mol. The Morgan fingerprint density at radius 1 is 1.32 bits per heavy atom. The summed E-state index contributed by atoms with van der Waals surface area (Å²) >= 11 is 4.56. The van der Waals surface area contributed by atoms with Crippen molar-refractivity contribution in [3.63, 3.8) is 0 Å². The molecule has 0 spiro atoms. The highest BCUT2D eigenvalue weighted by atomic mass is 79.9. The van der Waals surface area contributed by atoms with Gasteiger partial charge in [0.15, 0.2) is 6.61 Å². The van der Waals surface area contributed by atoms with Crippen LogP contribution in [0.5, 0.6) is 5.75 Å². The smallest absolute Gasteiger partial charge is 0.313 e. The van der Waals surface area contributed by atoms with Crippen molar-refractivity contribution >= 4 is 39.6 Å². The van der Waals surface area contributed by atoms with Crippen molar-refractivity contribution in [2.45, 2.75) is 0 Å². The van der Waals surface area contributed by atoms with E-state index in [1.807, 2.05) is 12.1 Å². The van der Waals surface area contributed by atoms with Crippen LogP contribution in [0.15, 0.2) is 28.7 Å². The van der Waals surface area contributed by atoms with Gasteiger partial charge in [0.2, 0.25) is 0 Å². The summed E-state index contributed by atoms with van der Waals surface area (Å²) in [6.07, 6.45) is 0. The lowest BCUT2D eigenvalue weighted by molar-refractivity contribution is -0.133. The maximum atomic E-state index is 11.4. The van der Waals surface area contributed by atoms with E-state index in [0.29, 0.717) is 18.0 Å². The molecule has 0 heterocycles. The Balaban J connectivity index is 2.11. The summed E-state index contributed by atoms with van der Waals surface area (Å²) in [6.45, 7) is 0.381. The van der Waals surface area contributed by atoms with Crippen LogP contribution >= 0.6 is 27.7 Å². The Hall–Kier alpha value is -1.21. The highest BCUT2D eigenvalue weighted by Crippen LogP contribution is 2.15. The first kappa shape index (κ1) is 15.8. The molecule has 0 fully saturated rings. The van der Waals surface area contributed by atoms with E-state index in [9.17, 15) is 9.59 Å². The van der Waals surface area contributed by atoms with E-state index in [4.69, 9.17) is 9.84 Å². The third-order valence-corrected chi connectivity index (χ3v) is 3.45. The number of thioether (sulfide) groups is 1. The molecule has 0 aromatic heterocycles. The molecule has 0 radical (unpaired) electrons. The number of rotatable bonds is 8. The number of carboxylic acids is 1. The Labute approximate surface area is 123 Å². The lowest BCUT2D eigenvalue weighted by atomic mass is 10.3. The number of carboxylic acid groups (broad SMARTS) is 1. The van der Waals surface area contributed by atoms with Gasteiger partial charge in [-0.25, -0.2) is 0 Å². The van der Waals surface area contributed by atoms with E-state index in [1.165, 1.54) is 11.8 Å². The molecule has 0 aliphatic heterocycles. The standard InChI is InChI=1S/C12H14BrNO4S/c13-9-1-3-10(4-2-9)18-7-11(15)14-5-6-19-8-12(16)17/h1-4H,5-8H2,(H,14,15)(H,16,17). The number of carbonyl (C=O) groups excluding carboxylic acids is 1. The first-order valence-corrected chi connectivity index (χ1v) is 7.47. The average molecular weight is 348 g/mol. The van der Waals surface area contributed by atoms with Crippen molar-refractivity contribution in [3.8, 4) is 5.75 Å². The molecule has 0 aliphatic rings. The van der Waals surface area contributed by atoms with Gasteiger partial charge in [-0.2, -0.15) is 0 Å². The van der Waals surface area contributed by atoms with Gasteiger partial charge in [-0.05, 0) is 24.3 Å². The van der Waals surface area contributed by atoms with Gasteiger partial charge in [-0.3, -0.25) is 9.59 Å². The molecule has 1 amide bonds. The zero-order valence-corrected chi connectivity index (χ0v) is 12.5. The number of benzene rings is 1. The quantitative estimate of drug-likeness (QED) is 0.701. The van der Waals surface area contributed by atoms with Crippen LogP contribution in [0.2, 0.25) is 0 Å². The first-order chi connectivity index (χ1) is 9.08. The van der Waals surface area contributed by atoms with Crippen molar-refractivity contribution in [1.82, 2.24) is 5.32 Å². The molecule has 0 aliphatic carbocycles. The molecule has 0 bridgehead atoms. The lowest BCUT2D eigenvalue weighted by Gasteiger charge is -2.07. The van der Waals surface area contributed by atoms with Crippen LogP contribution in [0.4, 0.5) is 0 Å². The van der Waals surface area contributed by atoms with Crippen LogP contribution in [0, 0.1) is 0 Å². The van der Waals surface area contributed by atoms with Gasteiger partial charge >= 0.3 is 5.97 Å². The van der Waals surface area contributed by atoms with Crippen LogP contribution in [0.25, 0.3) is 0 Å². The first-order valence-electron chi connectivity index (χ1n) is 5.52. The van der Waals surface area contributed by atoms with Crippen molar-refractivity contribution in [2.75, 3.05) is 24.7 Å². The number of hydrogen-bond donors (Lipinski definition) is 2. The van der Waals surface area contributed by atoms with Gasteiger partial charge < -0.3 is 15.2 Å². The molecule has 19 heavy (non-hydrogen) atoms. The van der Waals surface area contributed by atoms with Crippen molar-refractivity contribution in [3.05, 3.63) is 28.7 Å². The summed E-state index contributed by atoms with van der Waals surface area (Å²) in [7, 11) is 0. The third kappa shape index (κ3) is 7.74. The Bertz CT molecular complexity index is 424. The van der Waals surface area contributed by atoms with E-state index in [-0.39, 0.29) is 18.3 Å². The van der Waals surface area contributed by atoms with Crippen LogP contribution in [-0.4, -0.2) is 41.6 Å². The molecule has 0 saturated carbocycles. The number of amides is 1. The van der Waals surface area contributed by atoms with Crippen LogP contribution in [0.1, 0.15) is 0 Å². The predicted molar refractivity (Wildman–Crippen MR) is 77.6 cm³/mol. The van der Waals surface area contributed by atoms with Crippen molar-refractivity contribution in [1.29, 1.82) is 0 Å². The molecule has 2 N–H and O–H groups in total. The predicted octanol–water partition coefficient (Wildman–Crippen LogP) is 1.76. The molecule has 1 aromatic rings. The Morgan fingerprint density at radius 3 is 2.63 bits per heavy atom. The fourth-order valence-corrected chi connectivity index (χ4v) is 1.98. The number of hydrogen-bond acceptors (Lipinski definition) is 4. The second kappa shape index (κ2) is 8.82. The Kier molecular flexibility index (Phi) is 7.35. The van der Waals surface area contributed by atoms with E-state index >= 15 is 0 Å². The van der Waals surface area contributed by atoms with Gasteiger partial charge in [0.05, 0.1) is 5.75 Å². The number of halogens is 1. The maximum Gasteiger partial charge on any atom is 0.313 e. The average Bonchev–Trinajstić information content (AvgIpc) is 2.37. The summed E-state index contributed by atoms with van der Waals surface area (Å²) in [4.78, 5) is 21.7. The molecular formula is C12H14BrNO4S. The fourth-order valence-electron chi connectivity index (χ4n) is 1.15. The zero-order chi connectivity index (χ0) is 14.1. The molecule has 1 rings (SSSR count). The second-order valence-corrected chi connectivity index (χ2v) is 5.56. The highest BCUT2D eigenvalue weighted by Gasteiger charge is 2.03. The molecule has 7 heteroatoms. The van der Waals surface area contributed by atoms with Gasteiger partial charge in [0.1, 0.15) is 5.75 Å². The molecule has 0 atom stereocenters. The van der Waals surface area contributed by atoms with Gasteiger partial charge in [0, 0.05) is 16.8 Å². The number of nitrogens with one attached hydrogen (secondary N) is 1. The summed E-state index contributed by atoms with van der Waals surface area (Å²) in [5.74, 6) is 0.161. The van der Waals surface area contributed by atoms with Gasteiger partial charge in [0.25, 0.3) is 5.91 Å². The van der Waals surface area contributed by atoms with Crippen LogP contribution in [-0.2, 0) is 9.59 Å². The lowest BCUT2D eigenvalue weighted by Crippen LogP contribution is -2.30. The van der Waals surface area contributed by atoms with Crippen molar-refractivity contribution < 1.29 is 19.4 Å². The summed E-state index contributed by atoms with van der Waals surface area (Å²) in [5, 5.41) is 11.1. The summed E-state index contributed by atoms with van der Waals surface area (Å²) < 4.78 is 6.23. The minimum absolute atomic E-state index is 0.0469. The number of carbonyl (C=O) groups is 2. The SMILES string of the molecule is O=C(O)CSCCNC(=O)COc1ccc(Br)cc1. The van der Waals surface area contributed by atoms with E-state index in [2.05, 4.69) is 21.2 Å². The van der Waals surface area contributed by atoms with E-state index in [1.54, 1.807) is 12.1 Å². The molecule has 104 valence electrons. The van der Waals surface area contributed by atoms with Crippen molar-refractivity contribution in [2.24, 2.45) is 0 Å². The second-order valence-electron chi connectivity index (χ2n) is 3.54. The van der Waals surface area contributed by atoms with Gasteiger partial charge in [-0.15, -0.1) is 11.8 Å². The maximum absolute atomic E-state index is 11.4. The molecule has 5 nitrogen and oxygen atoms in total. The molecule has 1 aromatic carbocycles. The zero-order valence-electron chi connectivity index (χ0n) is 10.1. The Morgan fingerprint density at radius 2 is 2.00 bits per heavy atom. The van der Waals surface area contributed by atoms with Gasteiger partial charge in [-0.1, -0.05) is 15.9 Å².